The van der Waals surface area contributed by atoms with Crippen molar-refractivity contribution in [3.05, 3.63) is 0 Å². The van der Waals surface area contributed by atoms with E-state index >= 15 is 0 Å². The minimum Gasteiger partial charge on any atom is -0.481 e. The highest BCUT2D eigenvalue weighted by Crippen LogP contribution is 2.15. The molecule has 0 aliphatic carbocycles. The smallest absolute Gasteiger partial charge is 0.304 e. The number of rotatable bonds is 7. The zero-order chi connectivity index (χ0) is 11.8. The SMILES string of the molecule is CCCCCC(CC(=O)O)N1CCOCC1. The topological polar surface area (TPSA) is 49.8 Å². The molecule has 1 aliphatic rings. The summed E-state index contributed by atoms with van der Waals surface area (Å²) in [7, 11) is 0. The molecule has 1 unspecified atom stereocenters. The Labute approximate surface area is 97.6 Å². The Morgan fingerprint density at radius 3 is 2.62 bits per heavy atom. The van der Waals surface area contributed by atoms with Gasteiger partial charge in [-0.1, -0.05) is 26.2 Å². The van der Waals surface area contributed by atoms with Gasteiger partial charge in [0, 0.05) is 19.1 Å². The summed E-state index contributed by atoms with van der Waals surface area (Å²) in [6, 6.07) is 0.202. The van der Waals surface area contributed by atoms with Crippen molar-refractivity contribution in [3.63, 3.8) is 0 Å². The number of carbonyl (C=O) groups is 1. The predicted octanol–water partition coefficient (Wildman–Crippen LogP) is 1.74. The van der Waals surface area contributed by atoms with Crippen LogP contribution in [0.2, 0.25) is 0 Å². The first-order valence-electron chi connectivity index (χ1n) is 6.27. The summed E-state index contributed by atoms with van der Waals surface area (Å²) in [6.07, 6.45) is 4.78. The van der Waals surface area contributed by atoms with Crippen molar-refractivity contribution in [3.8, 4) is 0 Å². The second-order valence-electron chi connectivity index (χ2n) is 4.40. The van der Waals surface area contributed by atoms with Crippen LogP contribution >= 0.6 is 0 Å². The quantitative estimate of drug-likeness (QED) is 0.676. The molecule has 1 fully saturated rings. The molecule has 1 aliphatic heterocycles. The average Bonchev–Trinajstić information content (AvgIpc) is 2.29. The van der Waals surface area contributed by atoms with E-state index in [0.29, 0.717) is 0 Å². The number of unbranched alkanes of at least 4 members (excludes halogenated alkanes) is 2. The molecule has 4 nitrogen and oxygen atoms in total. The Bertz CT molecular complexity index is 202. The van der Waals surface area contributed by atoms with Crippen LogP contribution in [0.4, 0.5) is 0 Å². The van der Waals surface area contributed by atoms with Crippen molar-refractivity contribution in [2.24, 2.45) is 0 Å². The van der Waals surface area contributed by atoms with Crippen molar-refractivity contribution in [1.29, 1.82) is 0 Å². The highest BCUT2D eigenvalue weighted by molar-refractivity contribution is 5.67. The van der Waals surface area contributed by atoms with Crippen LogP contribution in [0.25, 0.3) is 0 Å². The van der Waals surface area contributed by atoms with Crippen molar-refractivity contribution in [2.75, 3.05) is 26.3 Å². The number of carboxylic acid groups (broad SMARTS) is 1. The predicted molar refractivity (Wildman–Crippen MR) is 62.6 cm³/mol. The van der Waals surface area contributed by atoms with Crippen LogP contribution in [0.1, 0.15) is 39.0 Å². The third kappa shape index (κ3) is 4.94. The number of morpholine rings is 1. The number of carboxylic acids is 1. The Kier molecular flexibility index (Phi) is 6.42. The lowest BCUT2D eigenvalue weighted by Crippen LogP contribution is -2.44. The van der Waals surface area contributed by atoms with E-state index in [0.717, 1.165) is 39.1 Å². The molecule has 0 amide bonds. The van der Waals surface area contributed by atoms with E-state index in [1.807, 2.05) is 0 Å². The van der Waals surface area contributed by atoms with Crippen molar-refractivity contribution in [1.82, 2.24) is 4.90 Å². The first kappa shape index (κ1) is 13.5. The van der Waals surface area contributed by atoms with E-state index < -0.39 is 5.97 Å². The molecular formula is C12H23NO3. The van der Waals surface area contributed by atoms with Crippen molar-refractivity contribution < 1.29 is 14.6 Å². The Hall–Kier alpha value is -0.610. The van der Waals surface area contributed by atoms with Crippen LogP contribution in [0.5, 0.6) is 0 Å². The molecule has 0 bridgehead atoms. The second kappa shape index (κ2) is 7.63. The Morgan fingerprint density at radius 2 is 2.06 bits per heavy atom. The molecule has 0 spiro atoms. The number of aliphatic carboxylic acids is 1. The Morgan fingerprint density at radius 1 is 1.38 bits per heavy atom. The van der Waals surface area contributed by atoms with Gasteiger partial charge in [0.05, 0.1) is 19.6 Å². The van der Waals surface area contributed by atoms with Gasteiger partial charge in [0.1, 0.15) is 0 Å². The van der Waals surface area contributed by atoms with Gasteiger partial charge < -0.3 is 9.84 Å². The van der Waals surface area contributed by atoms with Crippen LogP contribution in [-0.4, -0.2) is 48.3 Å². The lowest BCUT2D eigenvalue weighted by atomic mass is 10.0. The highest BCUT2D eigenvalue weighted by Gasteiger charge is 2.22. The maximum atomic E-state index is 10.8. The Balaban J connectivity index is 2.37. The van der Waals surface area contributed by atoms with E-state index in [-0.39, 0.29) is 12.5 Å². The van der Waals surface area contributed by atoms with Gasteiger partial charge in [-0.05, 0) is 6.42 Å². The van der Waals surface area contributed by atoms with Crippen LogP contribution in [0, 0.1) is 0 Å². The fraction of sp³-hybridized carbons (Fsp3) is 0.917. The van der Waals surface area contributed by atoms with Crippen LogP contribution in [0.15, 0.2) is 0 Å². The van der Waals surface area contributed by atoms with E-state index in [1.165, 1.54) is 12.8 Å². The van der Waals surface area contributed by atoms with E-state index in [2.05, 4.69) is 11.8 Å². The minimum absolute atomic E-state index is 0.202. The summed E-state index contributed by atoms with van der Waals surface area (Å²) < 4.78 is 5.29. The molecule has 0 aromatic carbocycles. The summed E-state index contributed by atoms with van der Waals surface area (Å²) in [5.74, 6) is -0.687. The fourth-order valence-electron chi connectivity index (χ4n) is 2.19. The molecule has 1 atom stereocenters. The molecular weight excluding hydrogens is 206 g/mol. The largest absolute Gasteiger partial charge is 0.481 e. The average molecular weight is 229 g/mol. The van der Waals surface area contributed by atoms with Gasteiger partial charge in [0.2, 0.25) is 0 Å². The maximum absolute atomic E-state index is 10.8. The monoisotopic (exact) mass is 229 g/mol. The first-order valence-corrected chi connectivity index (χ1v) is 6.27. The van der Waals surface area contributed by atoms with Crippen LogP contribution in [-0.2, 0) is 9.53 Å². The molecule has 94 valence electrons. The first-order chi connectivity index (χ1) is 7.74. The third-order valence-electron chi connectivity index (χ3n) is 3.11. The van der Waals surface area contributed by atoms with Gasteiger partial charge in [-0.15, -0.1) is 0 Å². The normalized spacial score (nSPS) is 19.6. The van der Waals surface area contributed by atoms with Gasteiger partial charge in [0.25, 0.3) is 0 Å². The number of ether oxygens (including phenoxy) is 1. The molecule has 4 heteroatoms. The number of hydrogen-bond donors (Lipinski definition) is 1. The molecule has 0 aromatic heterocycles. The zero-order valence-electron chi connectivity index (χ0n) is 10.2. The molecule has 0 saturated carbocycles. The number of nitrogens with zero attached hydrogens (tertiary/aromatic N) is 1. The van der Waals surface area contributed by atoms with Crippen LogP contribution < -0.4 is 0 Å². The summed E-state index contributed by atoms with van der Waals surface area (Å²) in [6.45, 7) is 5.41. The lowest BCUT2D eigenvalue weighted by molar-refractivity contribution is -0.139. The third-order valence-corrected chi connectivity index (χ3v) is 3.11. The molecule has 1 N–H and O–H groups in total. The standard InChI is InChI=1S/C12H23NO3/c1-2-3-4-5-11(10-12(14)15)13-6-8-16-9-7-13/h11H,2-10H2,1H3,(H,14,15). The molecule has 1 heterocycles. The number of hydrogen-bond acceptors (Lipinski definition) is 3. The van der Waals surface area contributed by atoms with Crippen molar-refractivity contribution in [2.45, 2.75) is 45.1 Å². The molecule has 16 heavy (non-hydrogen) atoms. The molecule has 0 aromatic rings. The maximum Gasteiger partial charge on any atom is 0.304 e. The van der Waals surface area contributed by atoms with Crippen LogP contribution in [0.3, 0.4) is 0 Å². The molecule has 1 saturated heterocycles. The van der Waals surface area contributed by atoms with Gasteiger partial charge in [-0.2, -0.15) is 0 Å². The van der Waals surface area contributed by atoms with Gasteiger partial charge >= 0.3 is 5.97 Å². The van der Waals surface area contributed by atoms with Crippen molar-refractivity contribution >= 4 is 5.97 Å². The van der Waals surface area contributed by atoms with Gasteiger partial charge in [0.15, 0.2) is 0 Å². The van der Waals surface area contributed by atoms with Gasteiger partial charge in [-0.25, -0.2) is 0 Å². The summed E-state index contributed by atoms with van der Waals surface area (Å²) >= 11 is 0. The summed E-state index contributed by atoms with van der Waals surface area (Å²) in [5.41, 5.74) is 0. The van der Waals surface area contributed by atoms with E-state index in [9.17, 15) is 4.79 Å². The zero-order valence-corrected chi connectivity index (χ0v) is 10.2. The van der Waals surface area contributed by atoms with E-state index in [1.54, 1.807) is 0 Å². The minimum atomic E-state index is -0.687. The fourth-order valence-corrected chi connectivity index (χ4v) is 2.19. The van der Waals surface area contributed by atoms with Gasteiger partial charge in [-0.3, -0.25) is 9.69 Å². The summed E-state index contributed by atoms with van der Waals surface area (Å²) in [4.78, 5) is 13.1. The second-order valence-corrected chi connectivity index (χ2v) is 4.40. The highest BCUT2D eigenvalue weighted by atomic mass is 16.5. The molecule has 1 rings (SSSR count). The van der Waals surface area contributed by atoms with E-state index in [4.69, 9.17) is 9.84 Å². The lowest BCUT2D eigenvalue weighted by Gasteiger charge is -2.33. The molecule has 0 radical (unpaired) electrons. The summed E-state index contributed by atoms with van der Waals surface area (Å²) in [5, 5.41) is 8.91.